The first kappa shape index (κ1) is 24.3. The summed E-state index contributed by atoms with van der Waals surface area (Å²) in [5, 5.41) is 0. The summed E-state index contributed by atoms with van der Waals surface area (Å²) >= 11 is -5.38. The fourth-order valence-electron chi connectivity index (χ4n) is 1.37. The minimum absolute atomic E-state index is 0.871. The molecule has 0 aliphatic rings. The second kappa shape index (κ2) is 14.6. The number of hydrogen-bond acceptors (Lipinski definition) is 0. The molecule has 0 fully saturated rings. The molecule has 0 aromatic rings. The Morgan fingerprint density at radius 3 is 1.11 bits per heavy atom. The molecular weight excluding hydrogens is 559 g/mol. The van der Waals surface area contributed by atoms with Crippen LogP contribution in [-0.2, 0) is 0 Å². The number of hydrogen-bond donors (Lipinski definition) is 0. The molecule has 0 saturated carbocycles. The number of halogens is 5. The summed E-state index contributed by atoms with van der Waals surface area (Å²) in [7, 11) is 29.5. The van der Waals surface area contributed by atoms with Crippen LogP contribution in [0.4, 0.5) is 0 Å². The van der Waals surface area contributed by atoms with Crippen molar-refractivity contribution in [2.45, 2.75) is 72.6 Å². The van der Waals surface area contributed by atoms with Gasteiger partial charge in [0.25, 0.3) is 0 Å². The SMILES string of the molecule is CCC[CH2][Sn]([Cl])([Cl])[CH2]CCC.CCC[CH2][Sn]([Cl])([Cl])[Cl]. The van der Waals surface area contributed by atoms with Crippen molar-refractivity contribution >= 4 is 75.7 Å². The minimum atomic E-state index is -2.89. The van der Waals surface area contributed by atoms with E-state index in [0.717, 1.165) is 26.2 Å². The van der Waals surface area contributed by atoms with Gasteiger partial charge >= 0.3 is 148 Å². The van der Waals surface area contributed by atoms with Crippen molar-refractivity contribution in [1.82, 2.24) is 0 Å². The maximum atomic E-state index is 6.27. The number of rotatable bonds is 9. The Bertz CT molecular complexity index is 185. The first-order valence-electron chi connectivity index (χ1n) is 7.13. The number of unbranched alkanes of at least 4 members (excludes halogenated alkanes) is 3. The van der Waals surface area contributed by atoms with Gasteiger partial charge in [-0.25, -0.2) is 0 Å². The van der Waals surface area contributed by atoms with E-state index < -0.39 is 31.1 Å². The van der Waals surface area contributed by atoms with Gasteiger partial charge in [0.2, 0.25) is 0 Å². The molecule has 0 bridgehead atoms. The monoisotopic (exact) mass is 586 g/mol. The van der Waals surface area contributed by atoms with Crippen LogP contribution in [0, 0.1) is 0 Å². The van der Waals surface area contributed by atoms with Gasteiger partial charge in [0.1, 0.15) is 0 Å². The van der Waals surface area contributed by atoms with Crippen molar-refractivity contribution in [3.63, 3.8) is 0 Å². The standard InChI is InChI=1S/3C4H9.5ClH.2Sn/c3*1-3-4-2;;;;;;;/h3*1,3-4H2,2H3;5*1H;;/q;;;;;;;;+2;+3/p-5. The molecule has 118 valence electrons. The Morgan fingerprint density at radius 1 is 0.579 bits per heavy atom. The molecule has 0 unspecified atom stereocenters. The van der Waals surface area contributed by atoms with Crippen molar-refractivity contribution < 1.29 is 0 Å². The van der Waals surface area contributed by atoms with Crippen LogP contribution in [0.1, 0.15) is 59.3 Å². The van der Waals surface area contributed by atoms with Crippen LogP contribution >= 0.6 is 44.6 Å². The summed E-state index contributed by atoms with van der Waals surface area (Å²) < 4.78 is 3.17. The Hall–Kier alpha value is 3.05. The van der Waals surface area contributed by atoms with Gasteiger partial charge in [0.15, 0.2) is 0 Å². The molecule has 0 spiro atoms. The average Bonchev–Trinajstić information content (AvgIpc) is 2.31. The van der Waals surface area contributed by atoms with Crippen molar-refractivity contribution in [1.29, 1.82) is 0 Å². The summed E-state index contributed by atoms with van der Waals surface area (Å²) in [5.74, 6) is 0. The molecule has 0 aromatic carbocycles. The Kier molecular flexibility index (Phi) is 18.7. The van der Waals surface area contributed by atoms with Crippen molar-refractivity contribution in [2.24, 2.45) is 0 Å². The fourth-order valence-corrected chi connectivity index (χ4v) is 15.5. The van der Waals surface area contributed by atoms with E-state index in [9.17, 15) is 0 Å². The fraction of sp³-hybridized carbons (Fsp3) is 1.00. The Balaban J connectivity index is 0. The van der Waals surface area contributed by atoms with Crippen molar-refractivity contribution in [3.8, 4) is 0 Å². The molecule has 0 heterocycles. The van der Waals surface area contributed by atoms with Crippen LogP contribution in [0.5, 0.6) is 0 Å². The quantitative estimate of drug-likeness (QED) is 0.241. The second-order valence-electron chi connectivity index (χ2n) is 4.78. The van der Waals surface area contributed by atoms with E-state index in [0.29, 0.717) is 0 Å². The maximum absolute atomic E-state index is 6.27. The van der Waals surface area contributed by atoms with Gasteiger partial charge in [-0.2, -0.15) is 0 Å². The zero-order valence-corrected chi connectivity index (χ0v) is 21.7. The van der Waals surface area contributed by atoms with Crippen LogP contribution < -0.4 is 0 Å². The van der Waals surface area contributed by atoms with Gasteiger partial charge in [-0.15, -0.1) is 0 Å². The summed E-state index contributed by atoms with van der Waals surface area (Å²) in [4.78, 5) is 0. The van der Waals surface area contributed by atoms with Gasteiger partial charge < -0.3 is 0 Å². The molecule has 0 N–H and O–H groups in total. The summed E-state index contributed by atoms with van der Waals surface area (Å²) in [6.07, 6.45) is 7.12. The van der Waals surface area contributed by atoms with Gasteiger partial charge in [0.05, 0.1) is 0 Å². The van der Waals surface area contributed by atoms with Gasteiger partial charge in [-0.3, -0.25) is 0 Å². The van der Waals surface area contributed by atoms with Crippen LogP contribution in [0.15, 0.2) is 0 Å². The zero-order valence-electron chi connectivity index (χ0n) is 12.3. The Morgan fingerprint density at radius 2 is 0.895 bits per heavy atom. The summed E-state index contributed by atoms with van der Waals surface area (Å²) in [5.41, 5.74) is 0. The molecule has 0 aliphatic carbocycles. The van der Waals surface area contributed by atoms with Crippen molar-refractivity contribution in [3.05, 3.63) is 0 Å². The normalized spacial score (nSPS) is 12.0. The van der Waals surface area contributed by atoms with Gasteiger partial charge in [0, 0.05) is 0 Å². The van der Waals surface area contributed by atoms with E-state index >= 15 is 0 Å². The topological polar surface area (TPSA) is 0 Å². The molecule has 0 nitrogen and oxygen atoms in total. The average molecular weight is 586 g/mol. The van der Waals surface area contributed by atoms with E-state index in [2.05, 4.69) is 20.8 Å². The summed E-state index contributed by atoms with van der Waals surface area (Å²) in [6, 6.07) is 0. The zero-order chi connectivity index (χ0) is 15.4. The summed E-state index contributed by atoms with van der Waals surface area (Å²) in [6.45, 7) is 6.48. The molecule has 0 saturated heterocycles. The predicted octanol–water partition coefficient (Wildman–Crippen LogP) is 7.95. The predicted molar refractivity (Wildman–Crippen MR) is 99.9 cm³/mol. The van der Waals surface area contributed by atoms with Crippen LogP contribution in [0.3, 0.4) is 0 Å². The molecule has 0 rings (SSSR count). The third-order valence-electron chi connectivity index (χ3n) is 2.61. The molecule has 0 atom stereocenters. The van der Waals surface area contributed by atoms with E-state index in [4.69, 9.17) is 44.6 Å². The first-order chi connectivity index (χ1) is 8.68. The molecule has 19 heavy (non-hydrogen) atoms. The molecule has 7 heteroatoms. The van der Waals surface area contributed by atoms with Gasteiger partial charge in [-0.05, 0) is 0 Å². The van der Waals surface area contributed by atoms with E-state index in [1.54, 1.807) is 0 Å². The third kappa shape index (κ3) is 23.4. The first-order valence-corrected chi connectivity index (χ1v) is 31.3. The van der Waals surface area contributed by atoms with Crippen LogP contribution in [-0.4, -0.2) is 31.1 Å². The van der Waals surface area contributed by atoms with Crippen LogP contribution in [0.2, 0.25) is 13.3 Å². The van der Waals surface area contributed by atoms with Gasteiger partial charge in [-0.1, -0.05) is 0 Å². The third-order valence-corrected chi connectivity index (χ3v) is 20.3. The molecular formula is C12H27Cl5Sn2. The van der Waals surface area contributed by atoms with Crippen molar-refractivity contribution in [2.75, 3.05) is 0 Å². The van der Waals surface area contributed by atoms with E-state index in [1.165, 1.54) is 25.7 Å². The van der Waals surface area contributed by atoms with E-state index in [1.807, 2.05) is 0 Å². The molecule has 0 aromatic heterocycles. The van der Waals surface area contributed by atoms with Crippen LogP contribution in [0.25, 0.3) is 0 Å². The molecule has 0 aliphatic heterocycles. The van der Waals surface area contributed by atoms with E-state index in [-0.39, 0.29) is 0 Å². The molecule has 0 radical (unpaired) electrons. The molecule has 0 amide bonds. The second-order valence-corrected chi connectivity index (χ2v) is 45.3. The Labute approximate surface area is 146 Å².